The van der Waals surface area contributed by atoms with Crippen LogP contribution in [-0.4, -0.2) is 9.97 Å². The molecule has 0 amide bonds. The molecule has 0 unspecified atom stereocenters. The number of pyridine rings is 2. The Morgan fingerprint density at radius 1 is 0.600 bits per heavy atom. The van der Waals surface area contributed by atoms with E-state index >= 15 is 8.78 Å². The fourth-order valence-corrected chi connectivity index (χ4v) is 4.62. The molecule has 4 aromatic rings. The highest BCUT2D eigenvalue weighted by molar-refractivity contribution is 5.95. The molecule has 0 N–H and O–H groups in total. The Balaban J connectivity index is 2.18. The third-order valence-corrected chi connectivity index (χ3v) is 6.86. The molecule has 5 heteroatoms. The predicted molar refractivity (Wildman–Crippen MR) is 140 cm³/mol. The van der Waals surface area contributed by atoms with Crippen LogP contribution >= 0.6 is 0 Å². The Hall–Kier alpha value is -3.08. The number of aromatic nitrogens is 2. The predicted octanol–water partition coefficient (Wildman–Crippen LogP) is 8.68. The van der Waals surface area contributed by atoms with Gasteiger partial charge in [-0.1, -0.05) is 53.7 Å². The topological polar surface area (TPSA) is 35.0 Å². The first kappa shape index (κ1) is 25.0. The molecule has 0 bridgehead atoms. The van der Waals surface area contributed by atoms with Gasteiger partial charge in [0.25, 0.3) is 0 Å². The van der Waals surface area contributed by atoms with Crippen molar-refractivity contribution in [2.24, 2.45) is 0 Å². The third-order valence-electron chi connectivity index (χ3n) is 6.86. The summed E-state index contributed by atoms with van der Waals surface area (Å²) in [5.74, 6) is 0.316. The highest BCUT2D eigenvalue weighted by atomic mass is 19.1. The molecule has 2 heterocycles. The summed E-state index contributed by atoms with van der Waals surface area (Å²) in [6.07, 6.45) is 0. The largest absolute Gasteiger partial charge is 0.455 e. The third kappa shape index (κ3) is 4.15. The van der Waals surface area contributed by atoms with E-state index in [0.717, 1.165) is 22.3 Å². The molecule has 3 nitrogen and oxygen atoms in total. The quantitative estimate of drug-likeness (QED) is 0.290. The summed E-state index contributed by atoms with van der Waals surface area (Å²) in [4.78, 5) is 9.19. The lowest BCUT2D eigenvalue weighted by Crippen LogP contribution is -2.15. The molecule has 0 atom stereocenters. The molecule has 4 rings (SSSR count). The van der Waals surface area contributed by atoms with Gasteiger partial charge in [-0.05, 0) is 61.8 Å². The summed E-state index contributed by atoms with van der Waals surface area (Å²) in [5, 5.41) is 1.30. The van der Waals surface area contributed by atoms with E-state index in [4.69, 9.17) is 4.74 Å². The van der Waals surface area contributed by atoms with Gasteiger partial charge in [-0.3, -0.25) is 0 Å². The molecule has 0 aliphatic carbocycles. The lowest BCUT2D eigenvalue weighted by atomic mass is 9.83. The summed E-state index contributed by atoms with van der Waals surface area (Å²) < 4.78 is 37.0. The van der Waals surface area contributed by atoms with Gasteiger partial charge >= 0.3 is 0 Å². The van der Waals surface area contributed by atoms with Crippen LogP contribution in [0.3, 0.4) is 0 Å². The van der Waals surface area contributed by atoms with Crippen molar-refractivity contribution in [1.82, 2.24) is 9.97 Å². The zero-order chi connectivity index (χ0) is 26.0. The van der Waals surface area contributed by atoms with E-state index in [0.29, 0.717) is 33.7 Å². The molecule has 0 aliphatic heterocycles. The number of ether oxygens (including phenoxy) is 1. The Morgan fingerprint density at radius 3 is 1.26 bits per heavy atom. The second kappa shape index (κ2) is 8.25. The van der Waals surface area contributed by atoms with E-state index in [9.17, 15) is 0 Å². The zero-order valence-electron chi connectivity index (χ0n) is 22.4. The van der Waals surface area contributed by atoms with Crippen LogP contribution in [0.15, 0.2) is 24.3 Å². The summed E-state index contributed by atoms with van der Waals surface area (Å²) in [6, 6.07) is 6.56. The van der Waals surface area contributed by atoms with E-state index < -0.39 is 11.6 Å². The number of fused-ring (bicyclic) bond motifs is 2. The van der Waals surface area contributed by atoms with Gasteiger partial charge in [0, 0.05) is 33.3 Å². The Kier molecular flexibility index (Phi) is 5.90. The van der Waals surface area contributed by atoms with Crippen LogP contribution in [0.5, 0.6) is 11.5 Å². The summed E-state index contributed by atoms with van der Waals surface area (Å²) in [5.41, 5.74) is 4.91. The van der Waals surface area contributed by atoms with Crippen molar-refractivity contribution in [3.8, 4) is 11.5 Å². The molecule has 2 aromatic heterocycles. The van der Waals surface area contributed by atoms with Gasteiger partial charge in [0.2, 0.25) is 0 Å². The van der Waals surface area contributed by atoms with Crippen LogP contribution in [0.4, 0.5) is 8.78 Å². The van der Waals surface area contributed by atoms with E-state index in [1.54, 1.807) is 0 Å². The fraction of sp³-hybridized carbons (Fsp3) is 0.400. The van der Waals surface area contributed by atoms with Crippen LogP contribution in [0.1, 0.15) is 75.2 Å². The Bertz CT molecular complexity index is 1380. The van der Waals surface area contributed by atoms with Crippen molar-refractivity contribution < 1.29 is 13.5 Å². The van der Waals surface area contributed by atoms with E-state index in [1.807, 2.05) is 39.8 Å². The van der Waals surface area contributed by atoms with Crippen molar-refractivity contribution in [3.63, 3.8) is 0 Å². The van der Waals surface area contributed by atoms with Gasteiger partial charge in [-0.25, -0.2) is 18.7 Å². The van der Waals surface area contributed by atoms with Crippen LogP contribution < -0.4 is 4.74 Å². The van der Waals surface area contributed by atoms with E-state index in [2.05, 4.69) is 51.5 Å². The highest BCUT2D eigenvalue weighted by Gasteiger charge is 2.28. The second-order valence-electron chi connectivity index (χ2n) is 11.5. The van der Waals surface area contributed by atoms with Gasteiger partial charge in [0.05, 0.1) is 0 Å². The average molecular weight is 477 g/mol. The van der Waals surface area contributed by atoms with Gasteiger partial charge in [0.1, 0.15) is 34.2 Å². The van der Waals surface area contributed by atoms with Crippen molar-refractivity contribution in [1.29, 1.82) is 0 Å². The lowest BCUT2D eigenvalue weighted by molar-refractivity contribution is 0.479. The maximum Gasteiger partial charge on any atom is 0.149 e. The molecule has 2 aromatic carbocycles. The highest BCUT2D eigenvalue weighted by Crippen LogP contribution is 2.45. The molecule has 0 aliphatic rings. The zero-order valence-corrected chi connectivity index (χ0v) is 22.4. The Labute approximate surface area is 206 Å². The molecular formula is C30H34F2N2O. The minimum atomic E-state index is -0.394. The van der Waals surface area contributed by atoms with Crippen molar-refractivity contribution in [3.05, 3.63) is 69.5 Å². The van der Waals surface area contributed by atoms with Crippen LogP contribution in [-0.2, 0) is 10.8 Å². The number of benzene rings is 2. The van der Waals surface area contributed by atoms with Gasteiger partial charge in [-0.2, -0.15) is 0 Å². The number of hydrogen-bond donors (Lipinski definition) is 0. The van der Waals surface area contributed by atoms with Gasteiger partial charge in [-0.15, -0.1) is 0 Å². The van der Waals surface area contributed by atoms with Crippen molar-refractivity contribution in [2.75, 3.05) is 0 Å². The molecular weight excluding hydrogens is 442 g/mol. The smallest absolute Gasteiger partial charge is 0.149 e. The maximum atomic E-state index is 15.1. The minimum absolute atomic E-state index is 0.276. The van der Waals surface area contributed by atoms with Crippen molar-refractivity contribution in [2.45, 2.75) is 80.1 Å². The fourth-order valence-electron chi connectivity index (χ4n) is 4.62. The first-order valence-electron chi connectivity index (χ1n) is 12.0. The number of halogens is 2. The molecule has 0 fully saturated rings. The molecule has 0 spiro atoms. The first-order chi connectivity index (χ1) is 16.1. The van der Waals surface area contributed by atoms with Crippen LogP contribution in [0.2, 0.25) is 0 Å². The van der Waals surface area contributed by atoms with E-state index in [1.165, 1.54) is 12.1 Å². The number of nitrogens with zero attached hydrogens (tertiary/aromatic N) is 2. The van der Waals surface area contributed by atoms with Crippen LogP contribution in [0, 0.1) is 39.3 Å². The SMILES string of the molecule is Cc1nc2c(F)ccc(C(C)(C)C)c2c(Oc2c(C)c(C)nc3c(F)ccc(C(C)(C)C)c23)c1C. The standard InChI is InChI=1S/C30H34F2N2O/c1-15-17(3)33-25-21(31)13-11-19(29(5,6)7)23(25)27(15)35-28-16(2)18(4)34-26-22(32)14-12-20(24(26)28)30(8,9)10/h11-14H,1-10H3. The minimum Gasteiger partial charge on any atom is -0.455 e. The summed E-state index contributed by atoms with van der Waals surface area (Å²) in [6.45, 7) is 20.1. The molecule has 35 heavy (non-hydrogen) atoms. The molecule has 0 saturated heterocycles. The average Bonchev–Trinajstić information content (AvgIpc) is 2.73. The van der Waals surface area contributed by atoms with Crippen molar-refractivity contribution >= 4 is 21.8 Å². The molecule has 184 valence electrons. The van der Waals surface area contributed by atoms with Gasteiger partial charge in [0.15, 0.2) is 0 Å². The normalized spacial score (nSPS) is 12.6. The first-order valence-corrected chi connectivity index (χ1v) is 12.0. The van der Waals surface area contributed by atoms with Gasteiger partial charge < -0.3 is 4.74 Å². The number of aryl methyl sites for hydroxylation is 2. The summed E-state index contributed by atoms with van der Waals surface area (Å²) in [7, 11) is 0. The number of rotatable bonds is 2. The molecule has 0 radical (unpaired) electrons. The van der Waals surface area contributed by atoms with Crippen LogP contribution in [0.25, 0.3) is 21.8 Å². The number of hydrogen-bond acceptors (Lipinski definition) is 3. The Morgan fingerprint density at radius 2 is 0.943 bits per heavy atom. The van der Waals surface area contributed by atoms with E-state index in [-0.39, 0.29) is 21.9 Å². The monoisotopic (exact) mass is 476 g/mol. The lowest BCUT2D eigenvalue weighted by Gasteiger charge is -2.27. The molecule has 0 saturated carbocycles. The maximum absolute atomic E-state index is 15.1. The second-order valence-corrected chi connectivity index (χ2v) is 11.5. The summed E-state index contributed by atoms with van der Waals surface area (Å²) >= 11 is 0.